The number of benzene rings is 6. The van der Waals surface area contributed by atoms with Crippen molar-refractivity contribution in [3.8, 4) is 29.1 Å². The van der Waals surface area contributed by atoms with Crippen LogP contribution in [0.1, 0.15) is 57.1 Å². The van der Waals surface area contributed by atoms with Crippen LogP contribution in [0, 0.1) is 17.8 Å². The van der Waals surface area contributed by atoms with Crippen LogP contribution in [0.15, 0.2) is 140 Å². The molecule has 6 aromatic carbocycles. The minimum absolute atomic E-state index is 0.0374. The van der Waals surface area contributed by atoms with E-state index in [1.807, 2.05) is 133 Å². The van der Waals surface area contributed by atoms with Gasteiger partial charge in [0.2, 0.25) is 11.8 Å². The third-order valence-electron chi connectivity index (χ3n) is 14.0. The highest BCUT2D eigenvalue weighted by atomic mass is 16.6. The summed E-state index contributed by atoms with van der Waals surface area (Å²) in [6.45, 7) is 0.436. The Balaban J connectivity index is 1.14. The summed E-state index contributed by atoms with van der Waals surface area (Å²) in [5, 5.41) is 21.9. The molecule has 69 heavy (non-hydrogen) atoms. The molecule has 0 saturated carbocycles. The predicted molar refractivity (Wildman–Crippen MR) is 255 cm³/mol. The summed E-state index contributed by atoms with van der Waals surface area (Å²) < 4.78 is 26.1. The Morgan fingerprint density at radius 2 is 1.54 bits per heavy atom. The number of aliphatic hydroxyl groups excluding tert-OH is 1. The number of ether oxygens (including phenoxy) is 4. The second kappa shape index (κ2) is 17.9. The van der Waals surface area contributed by atoms with Crippen LogP contribution in [0.3, 0.4) is 0 Å². The third kappa shape index (κ3) is 7.24. The number of anilines is 1. The van der Waals surface area contributed by atoms with E-state index in [1.54, 1.807) is 29.9 Å². The second-order valence-corrected chi connectivity index (χ2v) is 17.6. The van der Waals surface area contributed by atoms with Gasteiger partial charge < -0.3 is 34.3 Å². The Kier molecular flexibility index (Phi) is 11.3. The number of aliphatic hydroxyl groups is 1. The maximum atomic E-state index is 16.3. The van der Waals surface area contributed by atoms with Crippen molar-refractivity contribution in [1.82, 2.24) is 24.8 Å². The first-order chi connectivity index (χ1) is 33.8. The van der Waals surface area contributed by atoms with E-state index in [0.717, 1.165) is 33.3 Å². The SMILES string of the molecule is COc1cc2c(cc1OC)CN(C(=O)[C@H]1[C@@H]3C(=O)O[C@@H](c4ccccc4)[C@@H](c4ccccc4)N3[C@@H](c3ccccc3OCCO)[C@]13C(=O)Nc1ccc(C#CCn4nnc5ccccc54)cc13)CC2. The van der Waals surface area contributed by atoms with Crippen LogP contribution in [0.2, 0.25) is 0 Å². The number of amides is 2. The summed E-state index contributed by atoms with van der Waals surface area (Å²) >= 11 is 0. The largest absolute Gasteiger partial charge is 0.493 e. The molecule has 4 aliphatic heterocycles. The molecule has 0 unspecified atom stereocenters. The molecule has 1 spiro atoms. The van der Waals surface area contributed by atoms with Gasteiger partial charge in [-0.2, -0.15) is 0 Å². The summed E-state index contributed by atoms with van der Waals surface area (Å²) in [4.78, 5) is 51.5. The molecule has 2 saturated heterocycles. The van der Waals surface area contributed by atoms with E-state index in [2.05, 4.69) is 32.4 Å². The van der Waals surface area contributed by atoms with Crippen LogP contribution in [0.5, 0.6) is 17.2 Å². The minimum atomic E-state index is -1.79. The molecule has 1 aromatic heterocycles. The zero-order chi connectivity index (χ0) is 47.2. The summed E-state index contributed by atoms with van der Waals surface area (Å²) in [5.74, 6) is 5.27. The van der Waals surface area contributed by atoms with Gasteiger partial charge in [-0.3, -0.25) is 19.3 Å². The van der Waals surface area contributed by atoms with E-state index in [0.29, 0.717) is 52.6 Å². The molecule has 4 aliphatic rings. The molecule has 0 radical (unpaired) electrons. The number of esters is 1. The van der Waals surface area contributed by atoms with Gasteiger partial charge in [0.1, 0.15) is 42.0 Å². The molecular formula is C55H48N6O8. The van der Waals surface area contributed by atoms with Crippen molar-refractivity contribution in [3.63, 3.8) is 0 Å². The maximum Gasteiger partial charge on any atom is 0.324 e. The van der Waals surface area contributed by atoms with E-state index in [9.17, 15) is 5.11 Å². The van der Waals surface area contributed by atoms with Crippen LogP contribution in [0.25, 0.3) is 11.0 Å². The maximum absolute atomic E-state index is 16.3. The third-order valence-corrected chi connectivity index (χ3v) is 14.0. The molecule has 5 heterocycles. The van der Waals surface area contributed by atoms with Crippen molar-refractivity contribution in [3.05, 3.63) is 178 Å². The van der Waals surface area contributed by atoms with E-state index < -0.39 is 47.4 Å². The number of nitrogens with one attached hydrogen (secondary N) is 1. The Morgan fingerprint density at radius 1 is 0.826 bits per heavy atom. The van der Waals surface area contributed by atoms with Crippen molar-refractivity contribution < 1.29 is 38.4 Å². The molecule has 2 N–H and O–H groups in total. The second-order valence-electron chi connectivity index (χ2n) is 17.6. The van der Waals surface area contributed by atoms with Crippen LogP contribution in [-0.2, 0) is 44.0 Å². The smallest absolute Gasteiger partial charge is 0.324 e. The highest BCUT2D eigenvalue weighted by Crippen LogP contribution is 2.66. The first-order valence-electron chi connectivity index (χ1n) is 23.0. The van der Waals surface area contributed by atoms with Crippen molar-refractivity contribution in [2.24, 2.45) is 5.92 Å². The number of carbonyl (C=O) groups excluding carboxylic acids is 3. The van der Waals surface area contributed by atoms with Gasteiger partial charge in [0.05, 0.1) is 44.3 Å². The number of fused-ring (bicyclic) bond motifs is 5. The van der Waals surface area contributed by atoms with Crippen molar-refractivity contribution >= 4 is 34.5 Å². The van der Waals surface area contributed by atoms with Crippen LogP contribution in [0.4, 0.5) is 5.69 Å². The Labute approximate surface area is 398 Å². The highest BCUT2D eigenvalue weighted by Gasteiger charge is 2.74. The van der Waals surface area contributed by atoms with E-state index in [1.165, 1.54) is 0 Å². The number of nitrogens with zero attached hydrogens (tertiary/aromatic N) is 5. The molecule has 11 rings (SSSR count). The molecular weight excluding hydrogens is 873 g/mol. The topological polar surface area (TPSA) is 158 Å². The molecule has 6 atom stereocenters. The zero-order valence-electron chi connectivity index (χ0n) is 37.9. The lowest BCUT2D eigenvalue weighted by Crippen LogP contribution is -2.56. The predicted octanol–water partition coefficient (Wildman–Crippen LogP) is 6.73. The molecule has 14 heteroatoms. The zero-order valence-corrected chi connectivity index (χ0v) is 37.9. The summed E-state index contributed by atoms with van der Waals surface area (Å²) in [5.41, 5.74) is 5.40. The van der Waals surface area contributed by atoms with Gasteiger partial charge in [-0.15, -0.1) is 5.10 Å². The number of aromatic nitrogens is 3. The molecule has 346 valence electrons. The van der Waals surface area contributed by atoms with Gasteiger partial charge in [-0.25, -0.2) is 4.68 Å². The van der Waals surface area contributed by atoms with Crippen LogP contribution in [-0.4, -0.2) is 87.7 Å². The molecule has 2 amide bonds. The lowest BCUT2D eigenvalue weighted by molar-refractivity contribution is -0.179. The number of rotatable bonds is 10. The summed E-state index contributed by atoms with van der Waals surface area (Å²) in [6.07, 6.45) is -0.359. The Morgan fingerprint density at radius 3 is 2.30 bits per heavy atom. The number of carbonyl (C=O) groups is 3. The lowest BCUT2D eigenvalue weighted by Gasteiger charge is -2.46. The standard InChI is InChI=1S/C55H48N6O8/c1-66-45-31-37-25-27-59(33-38(37)32-46(45)67-2)52(63)47-49-53(64)69-50(36-17-7-4-8-18-36)48(35-15-5-3-6-16-35)61(49)51(39-19-9-12-22-44(39)68-29-28-62)55(47)40-30-34(23-24-41(40)56-54(55)65)14-13-26-60-43-21-11-10-20-42(43)57-58-60/h3-12,15-24,30-32,47-51,62H,25-29,33H2,1-2H3,(H,56,65)/t47-,48-,49-,50+,51+,55-/m1/s1. The fourth-order valence-corrected chi connectivity index (χ4v) is 11.1. The molecule has 0 aliphatic carbocycles. The normalized spacial score (nSPS) is 22.5. The van der Waals surface area contributed by atoms with E-state index in [4.69, 9.17) is 18.9 Å². The van der Waals surface area contributed by atoms with Crippen LogP contribution >= 0.6 is 0 Å². The fourth-order valence-electron chi connectivity index (χ4n) is 11.1. The monoisotopic (exact) mass is 920 g/mol. The number of cyclic esters (lactones) is 1. The van der Waals surface area contributed by atoms with Gasteiger partial charge in [-0.1, -0.05) is 108 Å². The highest BCUT2D eigenvalue weighted by molar-refractivity contribution is 6.12. The Hall–Kier alpha value is -7.99. The van der Waals surface area contributed by atoms with Crippen molar-refractivity contribution in [2.75, 3.05) is 39.3 Å². The molecule has 14 nitrogen and oxygen atoms in total. The number of hydrogen-bond donors (Lipinski definition) is 2. The van der Waals surface area contributed by atoms with Crippen molar-refractivity contribution in [2.45, 2.75) is 49.2 Å². The van der Waals surface area contributed by atoms with Gasteiger partial charge in [0.15, 0.2) is 11.5 Å². The fraction of sp³-hybridized carbons (Fsp3) is 0.255. The van der Waals surface area contributed by atoms with Gasteiger partial charge >= 0.3 is 5.97 Å². The minimum Gasteiger partial charge on any atom is -0.493 e. The van der Waals surface area contributed by atoms with Crippen molar-refractivity contribution in [1.29, 1.82) is 0 Å². The van der Waals surface area contributed by atoms with Crippen LogP contribution < -0.4 is 19.5 Å². The molecule has 0 bridgehead atoms. The quantitative estimate of drug-likeness (QED) is 0.111. The Bertz CT molecular complexity index is 3190. The molecule has 7 aromatic rings. The van der Waals surface area contributed by atoms with E-state index >= 15 is 14.4 Å². The lowest BCUT2D eigenvalue weighted by atomic mass is 9.64. The number of para-hydroxylation sites is 2. The molecule has 2 fully saturated rings. The summed E-state index contributed by atoms with van der Waals surface area (Å²) in [7, 11) is 3.16. The average molecular weight is 921 g/mol. The van der Waals surface area contributed by atoms with Gasteiger partial charge in [0.25, 0.3) is 0 Å². The van der Waals surface area contributed by atoms with E-state index in [-0.39, 0.29) is 32.2 Å². The average Bonchev–Trinajstić information content (AvgIpc) is 4.05. The first kappa shape index (κ1) is 43.6. The first-order valence-corrected chi connectivity index (χ1v) is 23.0. The summed E-state index contributed by atoms with van der Waals surface area (Å²) in [6, 6.07) is 40.7. The number of morpholine rings is 1. The number of methoxy groups -OCH3 is 2. The van der Waals surface area contributed by atoms with Gasteiger partial charge in [0, 0.05) is 29.9 Å². The number of hydrogen-bond acceptors (Lipinski definition) is 11. The van der Waals surface area contributed by atoms with Gasteiger partial charge in [-0.05, 0) is 82.8 Å².